The van der Waals surface area contributed by atoms with Gasteiger partial charge in [0.25, 0.3) is 0 Å². The first-order valence-corrected chi connectivity index (χ1v) is 11.7. The number of fused-ring (bicyclic) bond motifs is 1. The van der Waals surface area contributed by atoms with Crippen LogP contribution < -0.4 is 5.73 Å². The number of halogens is 2. The lowest BCUT2D eigenvalue weighted by atomic mass is 10.0. The van der Waals surface area contributed by atoms with Crippen LogP contribution in [0.15, 0.2) is 42.6 Å². The van der Waals surface area contributed by atoms with Crippen LogP contribution in [0.4, 0.5) is 5.82 Å². The van der Waals surface area contributed by atoms with Crippen molar-refractivity contribution in [3.63, 3.8) is 0 Å². The van der Waals surface area contributed by atoms with Crippen molar-refractivity contribution in [1.82, 2.24) is 9.88 Å². The number of carbonyl (C=O) groups excluding carboxylic acids is 1. The van der Waals surface area contributed by atoms with E-state index in [-0.39, 0.29) is 12.2 Å². The third-order valence-electron chi connectivity index (χ3n) is 5.55. The maximum Gasteiger partial charge on any atom is 0.164 e. The van der Waals surface area contributed by atoms with E-state index >= 15 is 0 Å². The molecule has 1 unspecified atom stereocenters. The number of rotatable bonds is 8. The fourth-order valence-electron chi connectivity index (χ4n) is 3.59. The van der Waals surface area contributed by atoms with Crippen molar-refractivity contribution in [3.8, 4) is 11.8 Å². The molecule has 0 aliphatic carbocycles. The number of likely N-dealkylation sites (N-methyl/N-ethyl adjacent to an activating group) is 1. The number of pyridine rings is 1. The number of nitrogens with zero attached hydrogens (tertiary/aromatic N) is 2. The van der Waals surface area contributed by atoms with E-state index in [0.717, 1.165) is 23.9 Å². The summed E-state index contributed by atoms with van der Waals surface area (Å²) in [6.07, 6.45) is 1.75. The number of anilines is 1. The van der Waals surface area contributed by atoms with Crippen LogP contribution >= 0.6 is 23.2 Å². The zero-order valence-electron chi connectivity index (χ0n) is 18.7. The lowest BCUT2D eigenvalue weighted by molar-refractivity contribution is 0.0877. The van der Waals surface area contributed by atoms with Gasteiger partial charge in [0.1, 0.15) is 5.82 Å². The van der Waals surface area contributed by atoms with Crippen molar-refractivity contribution in [1.29, 1.82) is 0 Å². The van der Waals surface area contributed by atoms with Gasteiger partial charge in [-0.1, -0.05) is 55.0 Å². The van der Waals surface area contributed by atoms with Gasteiger partial charge in [0.15, 0.2) is 5.78 Å². The molecule has 0 amide bonds. The minimum atomic E-state index is -0.550. The van der Waals surface area contributed by atoms with Gasteiger partial charge in [-0.25, -0.2) is 4.98 Å². The van der Waals surface area contributed by atoms with Crippen LogP contribution in [0.5, 0.6) is 0 Å². The van der Waals surface area contributed by atoms with Crippen LogP contribution in [0.1, 0.15) is 48.2 Å². The van der Waals surface area contributed by atoms with E-state index in [0.29, 0.717) is 45.5 Å². The molecular formula is C26H27Cl2N3O2. The summed E-state index contributed by atoms with van der Waals surface area (Å²) in [5.41, 5.74) is 7.72. The average Bonchev–Trinajstić information content (AvgIpc) is 2.80. The average molecular weight is 484 g/mol. The Balaban J connectivity index is 1.74. The second-order valence-corrected chi connectivity index (χ2v) is 8.64. The predicted molar refractivity (Wildman–Crippen MR) is 136 cm³/mol. The van der Waals surface area contributed by atoms with Crippen LogP contribution in [0.3, 0.4) is 0 Å². The molecule has 3 N–H and O–H groups in total. The SMILES string of the molecule is CCN(CC)CC(O)CCC(=O)c1ccc(C#Cc2c(N)ncc3ccc(Cl)cc23)cc1Cl. The molecule has 7 heteroatoms. The molecule has 1 atom stereocenters. The molecule has 0 aliphatic heterocycles. The number of aliphatic hydroxyl groups is 1. The summed E-state index contributed by atoms with van der Waals surface area (Å²) in [7, 11) is 0. The van der Waals surface area contributed by atoms with Gasteiger partial charge < -0.3 is 15.7 Å². The first-order valence-electron chi connectivity index (χ1n) is 10.9. The van der Waals surface area contributed by atoms with Crippen LogP contribution in [0.2, 0.25) is 10.0 Å². The molecule has 5 nitrogen and oxygen atoms in total. The maximum atomic E-state index is 12.6. The molecule has 0 spiro atoms. The Bertz CT molecular complexity index is 1210. The van der Waals surface area contributed by atoms with Crippen LogP contribution in [-0.4, -0.2) is 46.5 Å². The number of hydrogen-bond acceptors (Lipinski definition) is 5. The van der Waals surface area contributed by atoms with E-state index in [9.17, 15) is 9.90 Å². The summed E-state index contributed by atoms with van der Waals surface area (Å²) in [6.45, 7) is 6.38. The van der Waals surface area contributed by atoms with Crippen molar-refractivity contribution < 1.29 is 9.90 Å². The van der Waals surface area contributed by atoms with Crippen molar-refractivity contribution in [2.24, 2.45) is 0 Å². The highest BCUT2D eigenvalue weighted by atomic mass is 35.5. The van der Waals surface area contributed by atoms with Crippen LogP contribution in [-0.2, 0) is 0 Å². The van der Waals surface area contributed by atoms with E-state index in [1.807, 2.05) is 26.0 Å². The molecule has 3 aromatic rings. The van der Waals surface area contributed by atoms with E-state index in [4.69, 9.17) is 28.9 Å². The fraction of sp³-hybridized carbons (Fsp3) is 0.308. The second-order valence-electron chi connectivity index (χ2n) is 7.80. The van der Waals surface area contributed by atoms with Crippen molar-refractivity contribution in [2.75, 3.05) is 25.4 Å². The summed E-state index contributed by atoms with van der Waals surface area (Å²) in [6, 6.07) is 10.5. The smallest absolute Gasteiger partial charge is 0.164 e. The molecule has 0 saturated carbocycles. The molecule has 3 rings (SSSR count). The quantitative estimate of drug-likeness (QED) is 0.340. The van der Waals surface area contributed by atoms with Gasteiger partial charge in [-0.2, -0.15) is 0 Å². The summed E-state index contributed by atoms with van der Waals surface area (Å²) in [5, 5.41) is 12.8. The first kappa shape index (κ1) is 25.0. The minimum Gasteiger partial charge on any atom is -0.392 e. The molecule has 0 radical (unpaired) electrons. The second kappa shape index (κ2) is 11.5. The third-order valence-corrected chi connectivity index (χ3v) is 6.10. The topological polar surface area (TPSA) is 79.5 Å². The molecule has 0 bridgehead atoms. The number of aromatic nitrogens is 1. The standard InChI is InChI=1S/C26H27Cl2N3O2/c1-3-31(4-2)16-20(32)9-12-25(33)22-11-6-17(13-24(22)28)5-10-21-23-14-19(27)8-7-18(23)15-30-26(21)29/h6-8,11,13-15,20,32H,3-4,9,12,16H2,1-2H3,(H2,29,30). The van der Waals surface area contributed by atoms with Crippen LogP contribution in [0, 0.1) is 11.8 Å². The van der Waals surface area contributed by atoms with Gasteiger partial charge in [0, 0.05) is 46.1 Å². The Kier molecular flexibility index (Phi) is 8.71. The number of aliphatic hydroxyl groups excluding tert-OH is 1. The highest BCUT2D eigenvalue weighted by molar-refractivity contribution is 6.34. The first-order chi connectivity index (χ1) is 15.8. The van der Waals surface area contributed by atoms with E-state index in [1.54, 1.807) is 30.5 Å². The predicted octanol–water partition coefficient (Wildman–Crippen LogP) is 5.19. The molecule has 172 valence electrons. The largest absolute Gasteiger partial charge is 0.392 e. The Morgan fingerprint density at radius 1 is 1.15 bits per heavy atom. The van der Waals surface area contributed by atoms with E-state index in [1.165, 1.54) is 0 Å². The Morgan fingerprint density at radius 3 is 2.61 bits per heavy atom. The molecular weight excluding hydrogens is 457 g/mol. The van der Waals surface area contributed by atoms with E-state index < -0.39 is 6.10 Å². The van der Waals surface area contributed by atoms with Gasteiger partial charge in [-0.05, 0) is 49.8 Å². The molecule has 0 aliphatic rings. The highest BCUT2D eigenvalue weighted by Gasteiger charge is 2.15. The van der Waals surface area contributed by atoms with Gasteiger partial charge in [0.05, 0.1) is 16.7 Å². The summed E-state index contributed by atoms with van der Waals surface area (Å²) < 4.78 is 0. The lowest BCUT2D eigenvalue weighted by Gasteiger charge is -2.21. The third kappa shape index (κ3) is 6.46. The van der Waals surface area contributed by atoms with Crippen molar-refractivity contribution >= 4 is 45.6 Å². The van der Waals surface area contributed by atoms with Crippen molar-refractivity contribution in [2.45, 2.75) is 32.8 Å². The summed E-state index contributed by atoms with van der Waals surface area (Å²) in [4.78, 5) is 19.0. The number of ketones is 1. The van der Waals surface area contributed by atoms with Crippen LogP contribution in [0.25, 0.3) is 10.8 Å². The number of hydrogen-bond donors (Lipinski definition) is 2. The van der Waals surface area contributed by atoms with E-state index in [2.05, 4.69) is 21.7 Å². The number of carbonyl (C=O) groups is 1. The Hall–Kier alpha value is -2.62. The monoisotopic (exact) mass is 483 g/mol. The Morgan fingerprint density at radius 2 is 1.91 bits per heavy atom. The minimum absolute atomic E-state index is 0.102. The summed E-state index contributed by atoms with van der Waals surface area (Å²) >= 11 is 12.5. The van der Waals surface area contributed by atoms with Gasteiger partial charge in [-0.3, -0.25) is 4.79 Å². The van der Waals surface area contributed by atoms with Gasteiger partial charge in [0.2, 0.25) is 0 Å². The maximum absolute atomic E-state index is 12.6. The fourth-order valence-corrected chi connectivity index (χ4v) is 4.05. The number of nitrogens with two attached hydrogens (primary N) is 1. The molecule has 33 heavy (non-hydrogen) atoms. The van der Waals surface area contributed by atoms with Crippen molar-refractivity contribution in [3.05, 3.63) is 69.3 Å². The molecule has 0 fully saturated rings. The van der Waals surface area contributed by atoms with Gasteiger partial charge >= 0.3 is 0 Å². The lowest BCUT2D eigenvalue weighted by Crippen LogP contribution is -2.32. The molecule has 0 saturated heterocycles. The normalized spacial score (nSPS) is 11.9. The zero-order chi connectivity index (χ0) is 24.0. The number of benzene rings is 2. The Labute approximate surface area is 204 Å². The summed E-state index contributed by atoms with van der Waals surface area (Å²) in [5.74, 6) is 6.33. The molecule has 1 heterocycles. The molecule has 1 aromatic heterocycles. The number of nitrogen functional groups attached to an aromatic ring is 1. The zero-order valence-corrected chi connectivity index (χ0v) is 20.2. The number of Topliss-reactive ketones (excluding diaryl/α,β-unsaturated/α-hetero) is 1. The molecule has 2 aromatic carbocycles. The van der Waals surface area contributed by atoms with Gasteiger partial charge in [-0.15, -0.1) is 0 Å². The highest BCUT2D eigenvalue weighted by Crippen LogP contribution is 2.25.